The van der Waals surface area contributed by atoms with Crippen LogP contribution in [0.5, 0.6) is 0 Å². The summed E-state index contributed by atoms with van der Waals surface area (Å²) in [7, 11) is 6.22. The van der Waals surface area contributed by atoms with Crippen LogP contribution in [-0.4, -0.2) is 44.7 Å². The zero-order valence-corrected chi connectivity index (χ0v) is 17.3. The first-order valence-electron chi connectivity index (χ1n) is 6.09. The standard InChI is InChI=1S/C14H20Br2NO2.HI/c1-17(2,3)7-8-19-14(18)13-11(9-15)5-4-6-12(13)10-16;/h4-6H,7-10H2,1-3H3;1H/q+1;/p-1. The summed E-state index contributed by atoms with van der Waals surface area (Å²) in [4.78, 5) is 12.2. The molecular weight excluding hydrogens is 501 g/mol. The molecule has 0 spiro atoms. The summed E-state index contributed by atoms with van der Waals surface area (Å²) in [6, 6.07) is 5.84. The average molecular weight is 521 g/mol. The van der Waals surface area contributed by atoms with E-state index in [0.29, 0.717) is 22.8 Å². The quantitative estimate of drug-likeness (QED) is 0.234. The Hall–Kier alpha value is 0.340. The lowest BCUT2D eigenvalue weighted by Gasteiger charge is -2.23. The molecule has 0 saturated carbocycles. The van der Waals surface area contributed by atoms with Crippen LogP contribution in [0, 0.1) is 0 Å². The number of benzene rings is 1. The smallest absolute Gasteiger partial charge is 0.338 e. The molecule has 0 amide bonds. The highest BCUT2D eigenvalue weighted by Gasteiger charge is 2.17. The Bertz CT molecular complexity index is 425. The largest absolute Gasteiger partial charge is 1.00 e. The maximum atomic E-state index is 12.2. The minimum absolute atomic E-state index is 0. The van der Waals surface area contributed by atoms with Crippen molar-refractivity contribution < 1.29 is 38.0 Å². The second-order valence-corrected chi connectivity index (χ2v) is 6.49. The van der Waals surface area contributed by atoms with E-state index in [0.717, 1.165) is 22.2 Å². The molecule has 0 N–H and O–H groups in total. The van der Waals surface area contributed by atoms with E-state index in [-0.39, 0.29) is 29.9 Å². The molecular formula is C14H20Br2INO2. The van der Waals surface area contributed by atoms with Crippen molar-refractivity contribution in [2.75, 3.05) is 34.3 Å². The summed E-state index contributed by atoms with van der Waals surface area (Å²) >= 11 is 6.83. The number of esters is 1. The van der Waals surface area contributed by atoms with Crippen LogP contribution in [-0.2, 0) is 15.4 Å². The fourth-order valence-corrected chi connectivity index (χ4v) is 2.56. The van der Waals surface area contributed by atoms with Crippen LogP contribution >= 0.6 is 31.9 Å². The minimum Gasteiger partial charge on any atom is -1.00 e. The number of nitrogens with zero attached hydrogens (tertiary/aromatic N) is 1. The van der Waals surface area contributed by atoms with Gasteiger partial charge in [0.05, 0.1) is 26.7 Å². The first-order chi connectivity index (χ1) is 8.89. The van der Waals surface area contributed by atoms with Gasteiger partial charge in [-0.05, 0) is 11.1 Å². The van der Waals surface area contributed by atoms with Crippen LogP contribution in [0.1, 0.15) is 21.5 Å². The van der Waals surface area contributed by atoms with Crippen LogP contribution in [0.15, 0.2) is 18.2 Å². The van der Waals surface area contributed by atoms with Gasteiger partial charge in [0.15, 0.2) is 0 Å². The van der Waals surface area contributed by atoms with Crippen molar-refractivity contribution in [3.05, 3.63) is 34.9 Å². The molecule has 1 aromatic carbocycles. The van der Waals surface area contributed by atoms with Crippen molar-refractivity contribution in [3.8, 4) is 0 Å². The molecule has 114 valence electrons. The number of quaternary nitrogens is 1. The normalized spacial score (nSPS) is 10.8. The first kappa shape index (κ1) is 20.3. The fraction of sp³-hybridized carbons (Fsp3) is 0.500. The summed E-state index contributed by atoms with van der Waals surface area (Å²) in [5.41, 5.74) is 2.61. The zero-order valence-electron chi connectivity index (χ0n) is 12.0. The summed E-state index contributed by atoms with van der Waals surface area (Å²) in [5.74, 6) is -0.238. The number of hydrogen-bond donors (Lipinski definition) is 0. The van der Waals surface area contributed by atoms with Gasteiger partial charge in [-0.1, -0.05) is 50.1 Å². The van der Waals surface area contributed by atoms with Gasteiger partial charge in [-0.3, -0.25) is 0 Å². The Morgan fingerprint density at radius 3 is 2.05 bits per heavy atom. The van der Waals surface area contributed by atoms with E-state index < -0.39 is 0 Å². The Morgan fingerprint density at radius 2 is 1.65 bits per heavy atom. The summed E-state index contributed by atoms with van der Waals surface area (Å²) in [5, 5.41) is 1.29. The molecule has 3 nitrogen and oxygen atoms in total. The van der Waals surface area contributed by atoms with Crippen LogP contribution in [0.2, 0.25) is 0 Å². The molecule has 0 atom stereocenters. The van der Waals surface area contributed by atoms with E-state index in [1.54, 1.807) is 0 Å². The zero-order chi connectivity index (χ0) is 14.5. The van der Waals surface area contributed by atoms with Crippen molar-refractivity contribution in [1.82, 2.24) is 0 Å². The summed E-state index contributed by atoms with van der Waals surface area (Å²) in [6.45, 7) is 1.23. The maximum Gasteiger partial charge on any atom is 0.338 e. The minimum atomic E-state index is -0.238. The second kappa shape index (κ2) is 9.38. The van der Waals surface area contributed by atoms with Crippen molar-refractivity contribution in [1.29, 1.82) is 0 Å². The Labute approximate surface area is 154 Å². The number of ether oxygens (including phenoxy) is 1. The Balaban J connectivity index is 0.00000361. The monoisotopic (exact) mass is 519 g/mol. The van der Waals surface area contributed by atoms with Crippen LogP contribution in [0.25, 0.3) is 0 Å². The van der Waals surface area contributed by atoms with Gasteiger partial charge >= 0.3 is 5.97 Å². The van der Waals surface area contributed by atoms with E-state index >= 15 is 0 Å². The molecule has 0 aliphatic heterocycles. The molecule has 0 saturated heterocycles. The van der Waals surface area contributed by atoms with Gasteiger partial charge in [0.2, 0.25) is 0 Å². The molecule has 0 aliphatic rings. The number of halogens is 3. The summed E-state index contributed by atoms with van der Waals surface area (Å²) < 4.78 is 6.17. The number of rotatable bonds is 6. The topological polar surface area (TPSA) is 26.3 Å². The predicted molar refractivity (Wildman–Crippen MR) is 84.9 cm³/mol. The van der Waals surface area contributed by atoms with Crippen molar-refractivity contribution in [2.45, 2.75) is 10.7 Å². The molecule has 0 unspecified atom stereocenters. The van der Waals surface area contributed by atoms with Gasteiger partial charge in [0, 0.05) is 10.7 Å². The van der Waals surface area contributed by atoms with Crippen molar-refractivity contribution in [3.63, 3.8) is 0 Å². The lowest BCUT2D eigenvalue weighted by atomic mass is 10.0. The van der Waals surface area contributed by atoms with Gasteiger partial charge in [-0.25, -0.2) is 4.79 Å². The number of carbonyl (C=O) groups is 1. The highest BCUT2D eigenvalue weighted by Crippen LogP contribution is 2.21. The Morgan fingerprint density at radius 1 is 1.15 bits per heavy atom. The number of alkyl halides is 2. The maximum absolute atomic E-state index is 12.2. The van der Waals surface area contributed by atoms with Crippen LogP contribution in [0.3, 0.4) is 0 Å². The highest BCUT2D eigenvalue weighted by atomic mass is 127. The van der Waals surface area contributed by atoms with E-state index in [1.165, 1.54) is 0 Å². The fourth-order valence-electron chi connectivity index (χ4n) is 1.62. The van der Waals surface area contributed by atoms with Gasteiger partial charge in [-0.15, -0.1) is 0 Å². The summed E-state index contributed by atoms with van der Waals surface area (Å²) in [6.07, 6.45) is 0. The third-order valence-corrected chi connectivity index (χ3v) is 3.93. The molecule has 0 aliphatic carbocycles. The van der Waals surface area contributed by atoms with Gasteiger partial charge in [-0.2, -0.15) is 0 Å². The van der Waals surface area contributed by atoms with Crippen molar-refractivity contribution in [2.24, 2.45) is 0 Å². The average Bonchev–Trinajstić information content (AvgIpc) is 2.35. The van der Waals surface area contributed by atoms with Gasteiger partial charge < -0.3 is 33.2 Å². The second-order valence-electron chi connectivity index (χ2n) is 5.37. The van der Waals surface area contributed by atoms with E-state index in [9.17, 15) is 4.79 Å². The molecule has 0 fully saturated rings. The highest BCUT2D eigenvalue weighted by molar-refractivity contribution is 9.08. The van der Waals surface area contributed by atoms with Gasteiger partial charge in [0.1, 0.15) is 13.2 Å². The van der Waals surface area contributed by atoms with E-state index in [4.69, 9.17) is 4.74 Å². The SMILES string of the molecule is C[N+](C)(C)CCOC(=O)c1c(CBr)cccc1CBr.[I-]. The third kappa shape index (κ3) is 6.41. The van der Waals surface area contributed by atoms with E-state index in [2.05, 4.69) is 53.0 Å². The molecule has 0 aromatic heterocycles. The molecule has 0 radical (unpaired) electrons. The molecule has 0 bridgehead atoms. The molecule has 1 rings (SSSR count). The number of carbonyl (C=O) groups excluding carboxylic acids is 1. The molecule has 6 heteroatoms. The Kier molecular flexibility index (Phi) is 9.54. The van der Waals surface area contributed by atoms with Crippen molar-refractivity contribution >= 4 is 37.8 Å². The lowest BCUT2D eigenvalue weighted by molar-refractivity contribution is -0.870. The predicted octanol–water partition coefficient (Wildman–Crippen LogP) is 0.343. The van der Waals surface area contributed by atoms with Crippen LogP contribution in [0.4, 0.5) is 0 Å². The third-order valence-electron chi connectivity index (χ3n) is 2.72. The lowest BCUT2D eigenvalue weighted by Crippen LogP contribution is -3.00. The van der Waals surface area contributed by atoms with Gasteiger partial charge in [0.25, 0.3) is 0 Å². The van der Waals surface area contributed by atoms with Crippen LogP contribution < -0.4 is 24.0 Å². The molecule has 0 heterocycles. The molecule has 20 heavy (non-hydrogen) atoms. The van der Waals surface area contributed by atoms with E-state index in [1.807, 2.05) is 18.2 Å². The first-order valence-corrected chi connectivity index (χ1v) is 8.33. The number of likely N-dealkylation sites (N-methyl/N-ethyl adjacent to an activating group) is 1. The number of hydrogen-bond acceptors (Lipinski definition) is 2. The molecule has 1 aromatic rings.